The lowest BCUT2D eigenvalue weighted by atomic mass is 9.82. The van der Waals surface area contributed by atoms with Gasteiger partial charge in [-0.25, -0.2) is 0 Å². The fourth-order valence-electron chi connectivity index (χ4n) is 5.73. The molecule has 3 unspecified atom stereocenters. The molecule has 1 aliphatic carbocycles. The van der Waals surface area contributed by atoms with Crippen LogP contribution < -0.4 is 4.90 Å². The molecule has 3 aliphatic rings. The lowest BCUT2D eigenvalue weighted by Crippen LogP contribution is -2.32. The van der Waals surface area contributed by atoms with Gasteiger partial charge in [0.05, 0.1) is 11.7 Å². The Morgan fingerprint density at radius 2 is 1.83 bits per heavy atom. The van der Waals surface area contributed by atoms with Gasteiger partial charge in [-0.1, -0.05) is 54.9 Å². The first-order valence-electron chi connectivity index (χ1n) is 12.2. The third-order valence-electron chi connectivity index (χ3n) is 7.29. The first-order chi connectivity index (χ1) is 17.5. The zero-order chi connectivity index (χ0) is 25.2. The number of rotatable bonds is 6. The number of carbonyl (C=O) groups excluding carboxylic acids is 1. The number of benzene rings is 2. The Labute approximate surface area is 214 Å². The van der Waals surface area contributed by atoms with Gasteiger partial charge in [-0.2, -0.15) is 10.5 Å². The Kier molecular flexibility index (Phi) is 6.71. The molecule has 1 amide bonds. The molecule has 1 saturated carbocycles. The van der Waals surface area contributed by atoms with E-state index in [0.29, 0.717) is 18.4 Å². The normalized spacial score (nSPS) is 22.6. The topological polar surface area (TPSA) is 108 Å². The van der Waals surface area contributed by atoms with Gasteiger partial charge < -0.3 is 14.9 Å². The molecule has 182 valence electrons. The minimum absolute atomic E-state index is 0.0557. The number of thioether (sulfide) groups is 1. The minimum atomic E-state index is -1.03. The maximum absolute atomic E-state index is 13.2. The van der Waals surface area contributed by atoms with Crippen molar-refractivity contribution >= 4 is 35.0 Å². The number of fused-ring (bicyclic) bond motifs is 3. The molecule has 0 spiro atoms. The summed E-state index contributed by atoms with van der Waals surface area (Å²) in [6.45, 7) is -0.0557. The standard InChI is InChI=1S/C28H26N4O3S/c29-16-19(17-30)28-31(13-12-26(33)34)27(35)25(36-28)15-18-10-11-24-22(14-18)21-8-4-5-9-23(21)32(24)20-6-2-1-3-7-20/h1-3,6-7,10-11,14,21,23,25H,4-5,8-9,12-13,15H2,(H,33,34). The first kappa shape index (κ1) is 24.0. The number of nitrogens with zero attached hydrogens (tertiary/aromatic N) is 4. The van der Waals surface area contributed by atoms with Gasteiger partial charge in [0.2, 0.25) is 5.91 Å². The highest BCUT2D eigenvalue weighted by Crippen LogP contribution is 2.51. The van der Waals surface area contributed by atoms with Gasteiger partial charge >= 0.3 is 5.97 Å². The van der Waals surface area contributed by atoms with Crippen LogP contribution in [0.25, 0.3) is 0 Å². The molecule has 2 fully saturated rings. The molecule has 1 N–H and O–H groups in total. The summed E-state index contributed by atoms with van der Waals surface area (Å²) in [5.41, 5.74) is 4.64. The molecule has 0 radical (unpaired) electrons. The summed E-state index contributed by atoms with van der Waals surface area (Å²) in [5, 5.41) is 27.6. The highest BCUT2D eigenvalue weighted by atomic mass is 32.2. The molecule has 1 saturated heterocycles. The van der Waals surface area contributed by atoms with Crippen LogP contribution in [0.3, 0.4) is 0 Å². The van der Waals surface area contributed by atoms with Crippen LogP contribution in [0.2, 0.25) is 0 Å². The summed E-state index contributed by atoms with van der Waals surface area (Å²) in [7, 11) is 0. The number of anilines is 2. The number of aliphatic carboxylic acids is 1. The lowest BCUT2D eigenvalue weighted by Gasteiger charge is -2.33. The van der Waals surface area contributed by atoms with Gasteiger partial charge in [0.1, 0.15) is 17.2 Å². The molecule has 2 aromatic carbocycles. The summed E-state index contributed by atoms with van der Waals surface area (Å²) < 4.78 is 0. The Morgan fingerprint density at radius 1 is 1.08 bits per heavy atom. The van der Waals surface area contributed by atoms with E-state index in [2.05, 4.69) is 47.4 Å². The fourth-order valence-corrected chi connectivity index (χ4v) is 7.02. The van der Waals surface area contributed by atoms with E-state index in [-0.39, 0.29) is 29.5 Å². The Morgan fingerprint density at radius 3 is 2.56 bits per heavy atom. The van der Waals surface area contributed by atoms with Gasteiger partial charge in [-0.3, -0.25) is 9.59 Å². The molecule has 0 bridgehead atoms. The molecule has 7 nitrogen and oxygen atoms in total. The molecule has 2 aliphatic heterocycles. The van der Waals surface area contributed by atoms with E-state index in [1.165, 1.54) is 46.4 Å². The zero-order valence-corrected chi connectivity index (χ0v) is 20.6. The number of carboxylic acids is 1. The van der Waals surface area contributed by atoms with E-state index in [1.807, 2.05) is 18.2 Å². The highest BCUT2D eigenvalue weighted by Gasteiger charge is 2.42. The quantitative estimate of drug-likeness (QED) is 0.553. The second-order valence-electron chi connectivity index (χ2n) is 9.41. The number of amides is 1. The Hall–Kier alpha value is -3.75. The third kappa shape index (κ3) is 4.34. The largest absolute Gasteiger partial charge is 0.481 e. The smallest absolute Gasteiger partial charge is 0.305 e. The van der Waals surface area contributed by atoms with Gasteiger partial charge in [0.15, 0.2) is 5.57 Å². The Balaban J connectivity index is 1.44. The van der Waals surface area contributed by atoms with Crippen molar-refractivity contribution in [3.8, 4) is 12.1 Å². The predicted octanol–water partition coefficient (Wildman–Crippen LogP) is 5.08. The number of nitriles is 2. The van der Waals surface area contributed by atoms with Crippen molar-refractivity contribution in [2.75, 3.05) is 11.4 Å². The molecule has 2 aromatic rings. The summed E-state index contributed by atoms with van der Waals surface area (Å²) in [4.78, 5) is 28.1. The number of para-hydroxylation sites is 1. The molecular formula is C28H26N4O3S. The molecule has 0 aromatic heterocycles. The third-order valence-corrected chi connectivity index (χ3v) is 8.60. The number of hydrogen-bond acceptors (Lipinski definition) is 6. The molecule has 8 heteroatoms. The SMILES string of the molecule is N#CC(C#N)=C1SC(Cc2ccc3c(c2)C2CCCCC2N3c2ccccc2)C(=O)N1CCC(=O)O. The van der Waals surface area contributed by atoms with E-state index < -0.39 is 11.2 Å². The van der Waals surface area contributed by atoms with Crippen LogP contribution in [0.5, 0.6) is 0 Å². The van der Waals surface area contributed by atoms with Crippen molar-refractivity contribution in [3.63, 3.8) is 0 Å². The van der Waals surface area contributed by atoms with Gasteiger partial charge in [-0.05, 0) is 48.6 Å². The average molecular weight is 499 g/mol. The summed E-state index contributed by atoms with van der Waals surface area (Å²) in [5.74, 6) is -0.831. The van der Waals surface area contributed by atoms with Crippen molar-refractivity contribution in [2.24, 2.45) is 0 Å². The van der Waals surface area contributed by atoms with Gasteiger partial charge in [-0.15, -0.1) is 0 Å². The molecule has 2 heterocycles. The maximum atomic E-state index is 13.2. The Bertz CT molecular complexity index is 1290. The van der Waals surface area contributed by atoms with E-state index in [4.69, 9.17) is 5.11 Å². The molecule has 3 atom stereocenters. The molecule has 36 heavy (non-hydrogen) atoms. The van der Waals surface area contributed by atoms with Crippen molar-refractivity contribution in [1.29, 1.82) is 10.5 Å². The van der Waals surface area contributed by atoms with Crippen LogP contribution in [-0.4, -0.2) is 39.7 Å². The lowest BCUT2D eigenvalue weighted by molar-refractivity contribution is -0.137. The van der Waals surface area contributed by atoms with Crippen LogP contribution in [0.15, 0.2) is 59.1 Å². The molecular weight excluding hydrogens is 472 g/mol. The van der Waals surface area contributed by atoms with Gasteiger partial charge in [0.25, 0.3) is 0 Å². The predicted molar refractivity (Wildman–Crippen MR) is 137 cm³/mol. The van der Waals surface area contributed by atoms with Crippen molar-refractivity contribution < 1.29 is 14.7 Å². The van der Waals surface area contributed by atoms with Crippen LogP contribution in [0.4, 0.5) is 11.4 Å². The first-order valence-corrected chi connectivity index (χ1v) is 13.1. The van der Waals surface area contributed by atoms with Crippen LogP contribution >= 0.6 is 11.8 Å². The maximum Gasteiger partial charge on any atom is 0.305 e. The number of hydrogen-bond donors (Lipinski definition) is 1. The minimum Gasteiger partial charge on any atom is -0.481 e. The summed E-state index contributed by atoms with van der Waals surface area (Å²) >= 11 is 1.19. The van der Waals surface area contributed by atoms with E-state index in [9.17, 15) is 20.1 Å². The van der Waals surface area contributed by atoms with Crippen molar-refractivity contribution in [2.45, 2.75) is 55.7 Å². The molecule has 5 rings (SSSR count). The van der Waals surface area contributed by atoms with E-state index >= 15 is 0 Å². The number of carbonyl (C=O) groups is 2. The van der Waals surface area contributed by atoms with Crippen LogP contribution in [0, 0.1) is 22.7 Å². The van der Waals surface area contributed by atoms with E-state index in [1.54, 1.807) is 0 Å². The number of carboxylic acid groups (broad SMARTS) is 1. The van der Waals surface area contributed by atoms with E-state index in [0.717, 1.165) is 18.4 Å². The monoisotopic (exact) mass is 498 g/mol. The summed E-state index contributed by atoms with van der Waals surface area (Å²) in [6.07, 6.45) is 4.94. The van der Waals surface area contributed by atoms with Gasteiger partial charge in [0, 0.05) is 29.9 Å². The second-order valence-corrected chi connectivity index (χ2v) is 10.6. The second kappa shape index (κ2) is 10.1. The van der Waals surface area contributed by atoms with Crippen LogP contribution in [0.1, 0.15) is 49.1 Å². The van der Waals surface area contributed by atoms with Crippen molar-refractivity contribution in [3.05, 3.63) is 70.3 Å². The fraction of sp³-hybridized carbons (Fsp3) is 0.357. The number of allylic oxidation sites excluding steroid dienone is 1. The van der Waals surface area contributed by atoms with Crippen LogP contribution in [-0.2, 0) is 16.0 Å². The van der Waals surface area contributed by atoms with Crippen molar-refractivity contribution in [1.82, 2.24) is 4.90 Å². The summed E-state index contributed by atoms with van der Waals surface area (Å²) in [6, 6.07) is 21.1. The zero-order valence-electron chi connectivity index (χ0n) is 19.8. The highest BCUT2D eigenvalue weighted by molar-refractivity contribution is 8.04. The average Bonchev–Trinajstić information content (AvgIpc) is 3.38.